The van der Waals surface area contributed by atoms with Crippen LogP contribution in [0.3, 0.4) is 0 Å². The Morgan fingerprint density at radius 2 is 1.90 bits per heavy atom. The number of nitrogens with zero attached hydrogens (tertiary/aromatic N) is 3. The van der Waals surface area contributed by atoms with Gasteiger partial charge in [-0.3, -0.25) is 4.68 Å². The van der Waals surface area contributed by atoms with Crippen LogP contribution in [0.1, 0.15) is 39.3 Å². The molecule has 0 aliphatic heterocycles. The molecule has 0 fully saturated rings. The Morgan fingerprint density at radius 3 is 2.48 bits per heavy atom. The molecule has 1 aromatic rings. The van der Waals surface area contributed by atoms with Crippen molar-refractivity contribution >= 4 is 15.9 Å². The summed E-state index contributed by atoms with van der Waals surface area (Å²) in [6.07, 6.45) is 1.93. The highest BCUT2D eigenvalue weighted by Crippen LogP contribution is 2.30. The summed E-state index contributed by atoms with van der Waals surface area (Å²) in [4.78, 5) is 2.19. The first kappa shape index (κ1) is 18.7. The smallest absolute Gasteiger partial charge is 0.0635 e. The predicted octanol–water partition coefficient (Wildman–Crippen LogP) is 3.19. The maximum Gasteiger partial charge on any atom is 0.0635 e. The zero-order valence-corrected chi connectivity index (χ0v) is 15.9. The topological polar surface area (TPSA) is 33.1 Å². The summed E-state index contributed by atoms with van der Waals surface area (Å²) in [5.41, 5.74) is 1.32. The van der Waals surface area contributed by atoms with Gasteiger partial charge in [-0.25, -0.2) is 0 Å². The second-order valence-corrected chi connectivity index (χ2v) is 7.58. The number of likely N-dealkylation sites (N-methyl/N-ethyl adjacent to an activating group) is 1. The van der Waals surface area contributed by atoms with Gasteiger partial charge >= 0.3 is 0 Å². The Bertz CT molecular complexity index is 414. The normalized spacial score (nSPS) is 14.9. The summed E-state index contributed by atoms with van der Waals surface area (Å²) >= 11 is 3.67. The Labute approximate surface area is 138 Å². The highest BCUT2D eigenvalue weighted by molar-refractivity contribution is 9.10. The molecule has 21 heavy (non-hydrogen) atoms. The molecule has 2 atom stereocenters. The molecule has 0 amide bonds. The van der Waals surface area contributed by atoms with Gasteiger partial charge in [-0.05, 0) is 55.0 Å². The number of rotatable bonds is 9. The molecule has 1 aromatic heterocycles. The van der Waals surface area contributed by atoms with Crippen molar-refractivity contribution in [2.24, 2.45) is 11.8 Å². The van der Waals surface area contributed by atoms with Gasteiger partial charge in [0.2, 0.25) is 0 Å². The van der Waals surface area contributed by atoms with Crippen LogP contribution >= 0.6 is 15.9 Å². The molecule has 0 bridgehead atoms. The maximum atomic E-state index is 4.52. The van der Waals surface area contributed by atoms with Crippen LogP contribution in [0.25, 0.3) is 0 Å². The molecule has 0 spiro atoms. The Hall–Kier alpha value is -0.390. The van der Waals surface area contributed by atoms with Crippen molar-refractivity contribution in [2.75, 3.05) is 33.7 Å². The summed E-state index contributed by atoms with van der Waals surface area (Å²) in [6, 6.07) is 0. The van der Waals surface area contributed by atoms with Gasteiger partial charge in [0.1, 0.15) is 0 Å². The van der Waals surface area contributed by atoms with E-state index in [1.165, 1.54) is 5.69 Å². The maximum absolute atomic E-state index is 4.52. The van der Waals surface area contributed by atoms with Gasteiger partial charge in [0.05, 0.1) is 22.9 Å². The minimum absolute atomic E-state index is 0.476. The molecule has 0 saturated carbocycles. The van der Waals surface area contributed by atoms with Gasteiger partial charge in [0.15, 0.2) is 0 Å². The third-order valence-electron chi connectivity index (χ3n) is 3.90. The number of hydrogen-bond donors (Lipinski definition) is 1. The summed E-state index contributed by atoms with van der Waals surface area (Å²) in [5, 5.41) is 8.09. The SMILES string of the molecule is CC(C)CNCC(C)C(C)c1c(Br)cnn1CCN(C)C. The standard InChI is InChI=1S/C16H31BrN4/c1-12(2)9-18-10-13(3)14(4)16-15(17)11-19-21(16)8-7-20(5)6/h11-14,18H,7-10H2,1-6H3. The molecule has 0 aliphatic rings. The van der Waals surface area contributed by atoms with Crippen molar-refractivity contribution in [1.29, 1.82) is 0 Å². The van der Waals surface area contributed by atoms with E-state index in [0.29, 0.717) is 17.8 Å². The molecule has 2 unspecified atom stereocenters. The Balaban J connectivity index is 2.67. The quantitative estimate of drug-likeness (QED) is 0.735. The van der Waals surface area contributed by atoms with Gasteiger partial charge in [0, 0.05) is 12.5 Å². The summed E-state index contributed by atoms with van der Waals surface area (Å²) in [5.74, 6) is 1.75. The largest absolute Gasteiger partial charge is 0.316 e. The van der Waals surface area contributed by atoms with Gasteiger partial charge < -0.3 is 10.2 Å². The molecule has 5 heteroatoms. The summed E-state index contributed by atoms with van der Waals surface area (Å²) < 4.78 is 3.28. The van der Waals surface area contributed by atoms with Crippen LogP contribution in [0, 0.1) is 11.8 Å². The molecule has 1 rings (SSSR count). The molecule has 122 valence electrons. The third kappa shape index (κ3) is 6.09. The molecule has 0 radical (unpaired) electrons. The van der Waals surface area contributed by atoms with Crippen LogP contribution in [-0.4, -0.2) is 48.4 Å². The van der Waals surface area contributed by atoms with E-state index in [0.717, 1.165) is 30.7 Å². The molecular formula is C16H31BrN4. The minimum Gasteiger partial charge on any atom is -0.316 e. The average Bonchev–Trinajstić information content (AvgIpc) is 2.76. The van der Waals surface area contributed by atoms with Crippen molar-refractivity contribution in [3.63, 3.8) is 0 Å². The van der Waals surface area contributed by atoms with Crippen LogP contribution in [-0.2, 0) is 6.54 Å². The summed E-state index contributed by atoms with van der Waals surface area (Å²) in [7, 11) is 4.19. The molecule has 0 aromatic carbocycles. The lowest BCUT2D eigenvalue weighted by Crippen LogP contribution is -2.29. The molecule has 1 N–H and O–H groups in total. The van der Waals surface area contributed by atoms with Gasteiger partial charge in [-0.15, -0.1) is 0 Å². The van der Waals surface area contributed by atoms with Crippen LogP contribution < -0.4 is 5.32 Å². The first-order chi connectivity index (χ1) is 9.82. The van der Waals surface area contributed by atoms with E-state index < -0.39 is 0 Å². The molecule has 0 aliphatic carbocycles. The lowest BCUT2D eigenvalue weighted by molar-refractivity contribution is 0.356. The van der Waals surface area contributed by atoms with Crippen molar-refractivity contribution in [3.8, 4) is 0 Å². The number of hydrogen-bond acceptors (Lipinski definition) is 3. The number of nitrogens with one attached hydrogen (secondary N) is 1. The van der Waals surface area contributed by atoms with Crippen LogP contribution in [0.5, 0.6) is 0 Å². The Kier molecular flexibility index (Phi) is 7.92. The van der Waals surface area contributed by atoms with E-state index >= 15 is 0 Å². The van der Waals surface area contributed by atoms with E-state index in [1.807, 2.05) is 6.20 Å². The van der Waals surface area contributed by atoms with Crippen molar-refractivity contribution in [1.82, 2.24) is 20.0 Å². The van der Waals surface area contributed by atoms with Gasteiger partial charge in [0.25, 0.3) is 0 Å². The van der Waals surface area contributed by atoms with Crippen LogP contribution in [0.4, 0.5) is 0 Å². The number of aromatic nitrogens is 2. The monoisotopic (exact) mass is 358 g/mol. The van der Waals surface area contributed by atoms with Crippen molar-refractivity contribution < 1.29 is 0 Å². The van der Waals surface area contributed by atoms with Gasteiger partial charge in [-0.2, -0.15) is 5.10 Å². The van der Waals surface area contributed by atoms with Gasteiger partial charge in [-0.1, -0.05) is 27.7 Å². The fraction of sp³-hybridized carbons (Fsp3) is 0.812. The fourth-order valence-electron chi connectivity index (χ4n) is 2.34. The first-order valence-corrected chi connectivity index (χ1v) is 8.68. The lowest BCUT2D eigenvalue weighted by atomic mass is 9.92. The number of halogens is 1. The lowest BCUT2D eigenvalue weighted by Gasteiger charge is -2.23. The molecule has 0 saturated heterocycles. The highest BCUT2D eigenvalue weighted by atomic mass is 79.9. The third-order valence-corrected chi connectivity index (χ3v) is 4.51. The second-order valence-electron chi connectivity index (χ2n) is 6.72. The van der Waals surface area contributed by atoms with E-state index in [1.54, 1.807) is 0 Å². The van der Waals surface area contributed by atoms with Crippen molar-refractivity contribution in [2.45, 2.75) is 40.2 Å². The van der Waals surface area contributed by atoms with Crippen molar-refractivity contribution in [3.05, 3.63) is 16.4 Å². The van der Waals surface area contributed by atoms with E-state index in [-0.39, 0.29) is 0 Å². The summed E-state index contributed by atoms with van der Waals surface area (Å²) in [6.45, 7) is 13.2. The fourth-order valence-corrected chi connectivity index (χ4v) is 3.00. The zero-order valence-electron chi connectivity index (χ0n) is 14.4. The zero-order chi connectivity index (χ0) is 16.0. The highest BCUT2D eigenvalue weighted by Gasteiger charge is 2.21. The van der Waals surface area contributed by atoms with E-state index in [2.05, 4.69) is 77.7 Å². The minimum atomic E-state index is 0.476. The average molecular weight is 359 g/mol. The second kappa shape index (κ2) is 8.91. The van der Waals surface area contributed by atoms with E-state index in [9.17, 15) is 0 Å². The Morgan fingerprint density at radius 1 is 1.24 bits per heavy atom. The van der Waals surface area contributed by atoms with Crippen LogP contribution in [0.2, 0.25) is 0 Å². The van der Waals surface area contributed by atoms with E-state index in [4.69, 9.17) is 0 Å². The molecular weight excluding hydrogens is 328 g/mol. The molecule has 1 heterocycles. The first-order valence-electron chi connectivity index (χ1n) is 7.89. The predicted molar refractivity (Wildman–Crippen MR) is 93.8 cm³/mol. The molecule has 4 nitrogen and oxygen atoms in total. The van der Waals surface area contributed by atoms with Crippen LogP contribution in [0.15, 0.2) is 10.7 Å².